The normalized spacial score (nSPS) is 12.2. The maximum absolute atomic E-state index is 2.30. The largest absolute Gasteiger partial charge is 0.0654 e. The summed E-state index contributed by atoms with van der Waals surface area (Å²) >= 11 is 0. The number of benzene rings is 2. The Kier molecular flexibility index (Phi) is 7.07. The molecule has 0 unspecified atom stereocenters. The van der Waals surface area contributed by atoms with Crippen molar-refractivity contribution < 1.29 is 0 Å². The van der Waals surface area contributed by atoms with Crippen molar-refractivity contribution in [3.05, 3.63) is 71.8 Å². The molecule has 0 aliphatic heterocycles. The first-order valence-electron chi connectivity index (χ1n) is 8.46. The van der Waals surface area contributed by atoms with Crippen LogP contribution in [0.1, 0.15) is 50.2 Å². The highest BCUT2D eigenvalue weighted by atomic mass is 14.1. The molecule has 0 N–H and O–H groups in total. The second-order valence-corrected chi connectivity index (χ2v) is 6.08. The van der Waals surface area contributed by atoms with Crippen LogP contribution in [0.4, 0.5) is 0 Å². The molecule has 2 aromatic carbocycles. The lowest BCUT2D eigenvalue weighted by Crippen LogP contribution is -2.05. The van der Waals surface area contributed by atoms with Crippen LogP contribution in [0.25, 0.3) is 0 Å². The molecule has 0 nitrogen and oxygen atoms in total. The molecule has 0 amide bonds. The van der Waals surface area contributed by atoms with Crippen molar-refractivity contribution in [3.63, 3.8) is 0 Å². The van der Waals surface area contributed by atoms with E-state index in [0.29, 0.717) is 0 Å². The van der Waals surface area contributed by atoms with Gasteiger partial charge in [-0.3, -0.25) is 0 Å². The Balaban J connectivity index is 1.81. The van der Waals surface area contributed by atoms with E-state index in [9.17, 15) is 0 Å². The van der Waals surface area contributed by atoms with Gasteiger partial charge in [-0.05, 0) is 42.7 Å². The molecule has 2 rings (SSSR count). The number of hydrogen-bond acceptors (Lipinski definition) is 0. The van der Waals surface area contributed by atoms with E-state index in [1.165, 1.54) is 56.1 Å². The molecule has 0 aromatic heterocycles. The van der Waals surface area contributed by atoms with Crippen LogP contribution in [-0.2, 0) is 12.8 Å². The lowest BCUT2D eigenvalue weighted by Gasteiger charge is -2.17. The highest BCUT2D eigenvalue weighted by molar-refractivity contribution is 5.16. The van der Waals surface area contributed by atoms with E-state index < -0.39 is 0 Å². The van der Waals surface area contributed by atoms with Gasteiger partial charge in [0.25, 0.3) is 0 Å². The fourth-order valence-electron chi connectivity index (χ4n) is 3.03. The lowest BCUT2D eigenvalue weighted by atomic mass is 9.89. The quantitative estimate of drug-likeness (QED) is 0.524. The average Bonchev–Trinajstić information content (AvgIpc) is 2.54. The van der Waals surface area contributed by atoms with E-state index in [-0.39, 0.29) is 0 Å². The molecule has 0 saturated heterocycles. The molecule has 0 saturated carbocycles. The van der Waals surface area contributed by atoms with Gasteiger partial charge in [0.15, 0.2) is 0 Å². The Labute approximate surface area is 130 Å². The van der Waals surface area contributed by atoms with Gasteiger partial charge in [0.05, 0.1) is 0 Å². The number of hydrogen-bond donors (Lipinski definition) is 0. The number of rotatable bonds is 9. The van der Waals surface area contributed by atoms with Crippen LogP contribution in [0.15, 0.2) is 60.7 Å². The molecule has 0 aliphatic rings. The highest BCUT2D eigenvalue weighted by Gasteiger charge is 2.09. The Hall–Kier alpha value is -1.56. The summed E-state index contributed by atoms with van der Waals surface area (Å²) < 4.78 is 0. The second kappa shape index (κ2) is 9.39. The molecule has 0 aliphatic carbocycles. The summed E-state index contributed by atoms with van der Waals surface area (Å²) in [6.45, 7) is 2.30. The Morgan fingerprint density at radius 1 is 0.714 bits per heavy atom. The summed E-state index contributed by atoms with van der Waals surface area (Å²) in [5.74, 6) is 0.844. The summed E-state index contributed by atoms with van der Waals surface area (Å²) in [6.07, 6.45) is 9.18. The van der Waals surface area contributed by atoms with Crippen LogP contribution in [0.2, 0.25) is 0 Å². The average molecular weight is 280 g/mol. The van der Waals surface area contributed by atoms with E-state index in [4.69, 9.17) is 0 Å². The van der Waals surface area contributed by atoms with Crippen LogP contribution >= 0.6 is 0 Å². The third kappa shape index (κ3) is 6.16. The fourth-order valence-corrected chi connectivity index (χ4v) is 3.03. The second-order valence-electron chi connectivity index (χ2n) is 6.08. The van der Waals surface area contributed by atoms with Crippen LogP contribution in [-0.4, -0.2) is 0 Å². The molecule has 21 heavy (non-hydrogen) atoms. The molecular formula is C21H28. The summed E-state index contributed by atoms with van der Waals surface area (Å²) in [5, 5.41) is 0. The molecule has 0 bridgehead atoms. The van der Waals surface area contributed by atoms with Gasteiger partial charge in [-0.2, -0.15) is 0 Å². The maximum atomic E-state index is 2.30. The van der Waals surface area contributed by atoms with Crippen molar-refractivity contribution in [1.82, 2.24) is 0 Å². The maximum Gasteiger partial charge on any atom is -0.0250 e. The first-order chi connectivity index (χ1) is 10.4. The zero-order valence-corrected chi connectivity index (χ0v) is 13.3. The first-order valence-corrected chi connectivity index (χ1v) is 8.46. The highest BCUT2D eigenvalue weighted by Crippen LogP contribution is 2.21. The lowest BCUT2D eigenvalue weighted by molar-refractivity contribution is 0.419. The molecule has 0 fully saturated rings. The van der Waals surface area contributed by atoms with Gasteiger partial charge in [-0.1, -0.05) is 86.8 Å². The van der Waals surface area contributed by atoms with E-state index >= 15 is 0 Å². The summed E-state index contributed by atoms with van der Waals surface area (Å²) in [5.41, 5.74) is 2.98. The van der Waals surface area contributed by atoms with Gasteiger partial charge in [0.2, 0.25) is 0 Å². The van der Waals surface area contributed by atoms with Gasteiger partial charge in [-0.25, -0.2) is 0 Å². The van der Waals surface area contributed by atoms with Crippen molar-refractivity contribution in [1.29, 1.82) is 0 Å². The molecule has 0 heterocycles. The van der Waals surface area contributed by atoms with E-state index in [1.54, 1.807) is 0 Å². The van der Waals surface area contributed by atoms with Gasteiger partial charge in [-0.15, -0.1) is 0 Å². The monoisotopic (exact) mass is 280 g/mol. The van der Waals surface area contributed by atoms with Crippen molar-refractivity contribution in [2.45, 2.75) is 51.9 Å². The molecule has 2 aromatic rings. The predicted molar refractivity (Wildman–Crippen MR) is 92.5 cm³/mol. The summed E-state index contributed by atoms with van der Waals surface area (Å²) in [7, 11) is 0. The van der Waals surface area contributed by atoms with E-state index in [0.717, 1.165) is 5.92 Å². The molecule has 1 atom stereocenters. The standard InChI is InChI=1S/C21H28/c1-2-3-11-20(18-21-14-8-5-9-15-21)17-10-16-19-12-6-4-7-13-19/h4-9,12-15,20H,2-3,10-11,16-18H2,1H3/t20-/m0/s1. The van der Waals surface area contributed by atoms with Crippen molar-refractivity contribution in [2.24, 2.45) is 5.92 Å². The Morgan fingerprint density at radius 3 is 1.90 bits per heavy atom. The Bertz CT molecular complexity index is 472. The minimum absolute atomic E-state index is 0.844. The topological polar surface area (TPSA) is 0 Å². The molecule has 0 radical (unpaired) electrons. The fraction of sp³-hybridized carbons (Fsp3) is 0.429. The summed E-state index contributed by atoms with van der Waals surface area (Å²) in [6, 6.07) is 21.9. The molecule has 0 heteroatoms. The number of aryl methyl sites for hydroxylation is 1. The van der Waals surface area contributed by atoms with Gasteiger partial charge in [0, 0.05) is 0 Å². The van der Waals surface area contributed by atoms with Crippen molar-refractivity contribution in [2.75, 3.05) is 0 Å². The van der Waals surface area contributed by atoms with Crippen LogP contribution in [0.5, 0.6) is 0 Å². The number of unbranched alkanes of at least 4 members (excludes halogenated alkanes) is 1. The predicted octanol–water partition coefficient (Wildman–Crippen LogP) is 6.06. The first kappa shape index (κ1) is 15.8. The van der Waals surface area contributed by atoms with Crippen molar-refractivity contribution >= 4 is 0 Å². The van der Waals surface area contributed by atoms with E-state index in [1.807, 2.05) is 0 Å². The van der Waals surface area contributed by atoms with E-state index in [2.05, 4.69) is 67.6 Å². The van der Waals surface area contributed by atoms with Gasteiger partial charge < -0.3 is 0 Å². The summed E-state index contributed by atoms with van der Waals surface area (Å²) in [4.78, 5) is 0. The molecular weight excluding hydrogens is 252 g/mol. The SMILES string of the molecule is CCCC[C@@H](CCCc1ccccc1)Cc1ccccc1. The zero-order chi connectivity index (χ0) is 14.8. The zero-order valence-electron chi connectivity index (χ0n) is 13.3. The van der Waals surface area contributed by atoms with Gasteiger partial charge in [0.1, 0.15) is 0 Å². The minimum atomic E-state index is 0.844. The van der Waals surface area contributed by atoms with Crippen LogP contribution in [0.3, 0.4) is 0 Å². The van der Waals surface area contributed by atoms with Gasteiger partial charge >= 0.3 is 0 Å². The van der Waals surface area contributed by atoms with Crippen molar-refractivity contribution in [3.8, 4) is 0 Å². The third-order valence-electron chi connectivity index (χ3n) is 4.25. The minimum Gasteiger partial charge on any atom is -0.0654 e. The smallest absolute Gasteiger partial charge is 0.0250 e. The Morgan fingerprint density at radius 2 is 1.29 bits per heavy atom. The third-order valence-corrected chi connectivity index (χ3v) is 4.25. The van der Waals surface area contributed by atoms with Crippen LogP contribution in [0, 0.1) is 5.92 Å². The molecule has 0 spiro atoms. The van der Waals surface area contributed by atoms with Crippen LogP contribution < -0.4 is 0 Å². The molecule has 112 valence electrons.